The van der Waals surface area contributed by atoms with Crippen LogP contribution in [0.2, 0.25) is 0 Å². The van der Waals surface area contributed by atoms with Crippen molar-refractivity contribution in [2.24, 2.45) is 0 Å². The molecule has 0 saturated heterocycles. The fourth-order valence-electron chi connectivity index (χ4n) is 6.75. The van der Waals surface area contributed by atoms with Crippen molar-refractivity contribution in [1.82, 2.24) is 0 Å². The molecule has 0 aromatic carbocycles. The Morgan fingerprint density at radius 3 is 1.06 bits per heavy atom. The van der Waals surface area contributed by atoms with Crippen LogP contribution in [0.4, 0.5) is 0 Å². The zero-order valence-corrected chi connectivity index (χ0v) is 42.4. The highest BCUT2D eigenvalue weighted by molar-refractivity contribution is 5.71. The highest BCUT2D eigenvalue weighted by atomic mass is 16.6. The summed E-state index contributed by atoms with van der Waals surface area (Å²) < 4.78 is 16.7. The Balaban J connectivity index is 4.60. The van der Waals surface area contributed by atoms with Crippen molar-refractivity contribution in [2.45, 2.75) is 226 Å². The van der Waals surface area contributed by atoms with Gasteiger partial charge in [0.15, 0.2) is 6.10 Å². The second-order valence-electron chi connectivity index (χ2n) is 17.1. The SMILES string of the molecule is CC/C=C\C/C=C\C/C=C\C/C=C\C/C=C\C/C=C\CCC(=O)OC[C@@H](COC(=O)CCCCCCCCCCCCCC)OC(=O)CCC/C=C\C/C=C\C/C=C\C/C=C\CCCCC. The molecule has 0 aromatic heterocycles. The van der Waals surface area contributed by atoms with Gasteiger partial charge in [0.2, 0.25) is 0 Å². The summed E-state index contributed by atoms with van der Waals surface area (Å²) in [5.74, 6) is -1.08. The van der Waals surface area contributed by atoms with Crippen LogP contribution in [0.1, 0.15) is 220 Å². The largest absolute Gasteiger partial charge is 0.462 e. The summed E-state index contributed by atoms with van der Waals surface area (Å²) in [7, 11) is 0. The minimum Gasteiger partial charge on any atom is -0.462 e. The first-order valence-electron chi connectivity index (χ1n) is 26.5. The predicted molar refractivity (Wildman–Crippen MR) is 283 cm³/mol. The van der Waals surface area contributed by atoms with Crippen LogP contribution in [0.25, 0.3) is 0 Å². The quantitative estimate of drug-likeness (QED) is 0.0262. The number of hydrogen-bond donors (Lipinski definition) is 0. The van der Waals surface area contributed by atoms with Crippen molar-refractivity contribution in [2.75, 3.05) is 13.2 Å². The lowest BCUT2D eigenvalue weighted by atomic mass is 10.0. The normalized spacial score (nSPS) is 13.1. The second kappa shape index (κ2) is 53.4. The third-order valence-electron chi connectivity index (χ3n) is 10.7. The monoisotopic (exact) mass is 913 g/mol. The maximum absolute atomic E-state index is 12.8. The molecule has 0 spiro atoms. The van der Waals surface area contributed by atoms with E-state index >= 15 is 0 Å². The topological polar surface area (TPSA) is 78.9 Å². The van der Waals surface area contributed by atoms with Crippen LogP contribution in [0.5, 0.6) is 0 Å². The van der Waals surface area contributed by atoms with Crippen molar-refractivity contribution >= 4 is 17.9 Å². The van der Waals surface area contributed by atoms with Crippen molar-refractivity contribution < 1.29 is 28.6 Å². The number of hydrogen-bond acceptors (Lipinski definition) is 6. The summed E-state index contributed by atoms with van der Waals surface area (Å²) in [6.45, 7) is 6.37. The van der Waals surface area contributed by atoms with E-state index in [1.54, 1.807) is 0 Å². The molecule has 0 aliphatic carbocycles. The minimum atomic E-state index is -0.838. The summed E-state index contributed by atoms with van der Waals surface area (Å²) in [5, 5.41) is 0. The lowest BCUT2D eigenvalue weighted by Crippen LogP contribution is -2.30. The molecule has 0 aromatic rings. The van der Waals surface area contributed by atoms with Crippen molar-refractivity contribution in [1.29, 1.82) is 0 Å². The van der Waals surface area contributed by atoms with Gasteiger partial charge in [-0.1, -0.05) is 226 Å². The van der Waals surface area contributed by atoms with E-state index in [0.717, 1.165) is 83.5 Å². The van der Waals surface area contributed by atoms with Gasteiger partial charge in [0, 0.05) is 19.3 Å². The summed E-state index contributed by atoms with van der Waals surface area (Å²) in [5.41, 5.74) is 0. The molecule has 0 N–H and O–H groups in total. The van der Waals surface area contributed by atoms with E-state index in [4.69, 9.17) is 14.2 Å². The minimum absolute atomic E-state index is 0.125. The van der Waals surface area contributed by atoms with E-state index in [1.807, 2.05) is 12.2 Å². The Morgan fingerprint density at radius 2 is 0.636 bits per heavy atom. The number of ether oxygens (including phenoxy) is 3. The summed E-state index contributed by atoms with van der Waals surface area (Å²) in [4.78, 5) is 38.0. The molecule has 1 atom stereocenters. The average Bonchev–Trinajstić information content (AvgIpc) is 3.31. The van der Waals surface area contributed by atoms with Crippen LogP contribution >= 0.6 is 0 Å². The van der Waals surface area contributed by atoms with E-state index < -0.39 is 6.10 Å². The molecule has 0 bridgehead atoms. The van der Waals surface area contributed by atoms with E-state index in [-0.39, 0.29) is 44.0 Å². The molecule has 372 valence electrons. The van der Waals surface area contributed by atoms with Crippen LogP contribution < -0.4 is 0 Å². The van der Waals surface area contributed by atoms with Gasteiger partial charge >= 0.3 is 17.9 Å². The number of esters is 3. The zero-order valence-electron chi connectivity index (χ0n) is 42.4. The van der Waals surface area contributed by atoms with Gasteiger partial charge in [-0.05, 0) is 96.3 Å². The lowest BCUT2D eigenvalue weighted by molar-refractivity contribution is -0.166. The molecule has 0 fully saturated rings. The van der Waals surface area contributed by atoms with Crippen LogP contribution in [0.3, 0.4) is 0 Å². The van der Waals surface area contributed by atoms with Gasteiger partial charge in [0.1, 0.15) is 13.2 Å². The zero-order chi connectivity index (χ0) is 47.9. The maximum atomic E-state index is 12.8. The van der Waals surface area contributed by atoms with E-state index in [2.05, 4.69) is 130 Å². The van der Waals surface area contributed by atoms with E-state index in [9.17, 15) is 14.4 Å². The molecule has 0 amide bonds. The first-order valence-corrected chi connectivity index (χ1v) is 26.5. The van der Waals surface area contributed by atoms with Crippen LogP contribution in [-0.2, 0) is 28.6 Å². The number of rotatable bonds is 46. The Hall–Kier alpha value is -4.19. The van der Waals surface area contributed by atoms with Crippen LogP contribution in [-0.4, -0.2) is 37.2 Å². The third kappa shape index (κ3) is 50.8. The van der Waals surface area contributed by atoms with Crippen molar-refractivity contribution in [3.05, 3.63) is 122 Å². The smallest absolute Gasteiger partial charge is 0.306 e. The molecule has 0 unspecified atom stereocenters. The van der Waals surface area contributed by atoms with Crippen molar-refractivity contribution in [3.8, 4) is 0 Å². The summed E-state index contributed by atoms with van der Waals surface area (Å²) >= 11 is 0. The number of allylic oxidation sites excluding steroid dienone is 20. The van der Waals surface area contributed by atoms with Crippen LogP contribution in [0.15, 0.2) is 122 Å². The van der Waals surface area contributed by atoms with E-state index in [1.165, 1.54) is 83.5 Å². The summed E-state index contributed by atoms with van der Waals surface area (Å²) in [6, 6.07) is 0. The van der Waals surface area contributed by atoms with Crippen LogP contribution in [0, 0.1) is 0 Å². The first-order chi connectivity index (χ1) is 32.5. The van der Waals surface area contributed by atoms with Crippen molar-refractivity contribution in [3.63, 3.8) is 0 Å². The Morgan fingerprint density at radius 1 is 0.318 bits per heavy atom. The standard InChI is InChI=1S/C60H96O6/c1-4-7-10-13-16-19-22-25-27-29-30-32-33-35-38-41-44-47-50-53-59(62)65-56-57(55-64-58(61)52-49-46-43-40-37-24-21-18-15-12-9-6-3)66-60(63)54-51-48-45-42-39-36-34-31-28-26-23-20-17-14-11-8-5-2/h7,10,16-17,19-20,25-28,30,32,34-36,38,42,44-45,47,57H,4-6,8-9,11-15,18,21-24,29,31,33,37,39-41,43,46,48-56H2,1-3H3/b10-7-,19-16-,20-17-,27-25-,28-26-,32-30-,36-34-,38-35-,45-42-,47-44-/t57-/m1/s1. The molecule has 0 heterocycles. The Kier molecular flexibility index (Phi) is 50.0. The van der Waals surface area contributed by atoms with Gasteiger partial charge in [-0.15, -0.1) is 0 Å². The number of unbranched alkanes of at least 4 members (excludes halogenated alkanes) is 15. The fraction of sp³-hybridized carbons (Fsp3) is 0.617. The number of carbonyl (C=O) groups is 3. The molecule has 6 nitrogen and oxygen atoms in total. The maximum Gasteiger partial charge on any atom is 0.306 e. The van der Waals surface area contributed by atoms with Gasteiger partial charge in [0.25, 0.3) is 0 Å². The first kappa shape index (κ1) is 61.8. The van der Waals surface area contributed by atoms with Gasteiger partial charge in [-0.3, -0.25) is 14.4 Å². The molecule has 0 rings (SSSR count). The molecular weight excluding hydrogens is 817 g/mol. The highest BCUT2D eigenvalue weighted by Gasteiger charge is 2.19. The lowest BCUT2D eigenvalue weighted by Gasteiger charge is -2.18. The van der Waals surface area contributed by atoms with Gasteiger partial charge in [0.05, 0.1) is 0 Å². The molecule has 66 heavy (non-hydrogen) atoms. The average molecular weight is 913 g/mol. The van der Waals surface area contributed by atoms with Gasteiger partial charge < -0.3 is 14.2 Å². The highest BCUT2D eigenvalue weighted by Crippen LogP contribution is 2.13. The molecule has 6 heteroatoms. The molecule has 0 radical (unpaired) electrons. The summed E-state index contributed by atoms with van der Waals surface area (Å²) in [6.07, 6.45) is 73.4. The molecule has 0 aliphatic heterocycles. The molecule has 0 saturated carbocycles. The Labute approximate surface area is 405 Å². The molecular formula is C60H96O6. The third-order valence-corrected chi connectivity index (χ3v) is 10.7. The molecule has 0 aliphatic rings. The predicted octanol–water partition coefficient (Wildman–Crippen LogP) is 17.7. The Bertz CT molecular complexity index is 1420. The second-order valence-corrected chi connectivity index (χ2v) is 17.1. The fourth-order valence-corrected chi connectivity index (χ4v) is 6.75. The van der Waals surface area contributed by atoms with Gasteiger partial charge in [-0.2, -0.15) is 0 Å². The van der Waals surface area contributed by atoms with E-state index in [0.29, 0.717) is 19.3 Å². The van der Waals surface area contributed by atoms with Gasteiger partial charge in [-0.25, -0.2) is 0 Å². The number of carbonyl (C=O) groups excluding carboxylic acids is 3.